The van der Waals surface area contributed by atoms with Gasteiger partial charge in [0.15, 0.2) is 0 Å². The van der Waals surface area contributed by atoms with Crippen LogP contribution in [-0.2, 0) is 38.8 Å². The summed E-state index contributed by atoms with van der Waals surface area (Å²) in [6, 6.07) is 16.8. The highest BCUT2D eigenvalue weighted by Gasteiger charge is 2.36. The molecule has 3 aromatic rings. The van der Waals surface area contributed by atoms with Gasteiger partial charge in [-0.15, -0.1) is 0 Å². The van der Waals surface area contributed by atoms with E-state index in [9.17, 15) is 31.2 Å². The molecule has 0 unspecified atom stereocenters. The van der Waals surface area contributed by atoms with Crippen molar-refractivity contribution in [2.24, 2.45) is 0 Å². The van der Waals surface area contributed by atoms with Gasteiger partial charge < -0.3 is 10.2 Å². The molecule has 1 N–H and O–H groups in total. The van der Waals surface area contributed by atoms with Crippen molar-refractivity contribution in [3.05, 3.63) is 99.5 Å². The highest BCUT2D eigenvalue weighted by atomic mass is 35.5. The molecule has 2 atom stereocenters. The number of hydrogen-bond acceptors (Lipinski definition) is 4. The van der Waals surface area contributed by atoms with Gasteiger partial charge in [0.25, 0.3) is 0 Å². The summed E-state index contributed by atoms with van der Waals surface area (Å²) in [5, 5.41) is 2.58. The molecule has 7 nitrogen and oxygen atoms in total. The van der Waals surface area contributed by atoms with Crippen LogP contribution in [0.3, 0.4) is 0 Å². The number of rotatable bonds is 12. The second kappa shape index (κ2) is 14.5. The highest BCUT2D eigenvalue weighted by Crippen LogP contribution is 2.37. The lowest BCUT2D eigenvalue weighted by molar-refractivity contribution is -0.140. The number of benzene rings is 3. The first kappa shape index (κ1) is 34.2. The molecular formula is C30H32Cl2F3N3O4S. The van der Waals surface area contributed by atoms with Gasteiger partial charge >= 0.3 is 6.18 Å². The molecule has 0 radical (unpaired) electrons. The number of anilines is 1. The Morgan fingerprint density at radius 1 is 0.953 bits per heavy atom. The van der Waals surface area contributed by atoms with Crippen molar-refractivity contribution >= 4 is 50.7 Å². The average molecular weight is 659 g/mol. The van der Waals surface area contributed by atoms with Crippen molar-refractivity contribution in [3.8, 4) is 0 Å². The first-order valence-corrected chi connectivity index (χ1v) is 15.9. The number of amides is 2. The molecule has 3 rings (SSSR count). The SMILES string of the molecule is CC[C@@H](C)NC(=O)[C@@H](Cc1ccccc1)N(Cc1ccccc1Cl)C(=O)CN(c1ccc(Cl)c(C(F)(F)F)c1)S(C)(=O)=O. The molecule has 0 saturated carbocycles. The predicted molar refractivity (Wildman–Crippen MR) is 162 cm³/mol. The Bertz CT molecular complexity index is 1540. The Labute approximate surface area is 259 Å². The molecule has 0 spiro atoms. The summed E-state index contributed by atoms with van der Waals surface area (Å²) in [6.45, 7) is 2.64. The lowest BCUT2D eigenvalue weighted by atomic mass is 10.0. The maximum atomic E-state index is 14.1. The second-order valence-corrected chi connectivity index (χ2v) is 12.8. The Morgan fingerprint density at radius 3 is 2.16 bits per heavy atom. The van der Waals surface area contributed by atoms with E-state index >= 15 is 0 Å². The van der Waals surface area contributed by atoms with Crippen LogP contribution < -0.4 is 9.62 Å². The van der Waals surface area contributed by atoms with Crippen molar-refractivity contribution in [3.63, 3.8) is 0 Å². The quantitative estimate of drug-likeness (QED) is 0.247. The van der Waals surface area contributed by atoms with E-state index in [0.29, 0.717) is 27.4 Å². The fraction of sp³-hybridized carbons (Fsp3) is 0.333. The predicted octanol–water partition coefficient (Wildman–Crippen LogP) is 6.33. The maximum absolute atomic E-state index is 14.1. The van der Waals surface area contributed by atoms with Gasteiger partial charge in [-0.1, -0.05) is 78.7 Å². The molecule has 3 aromatic carbocycles. The van der Waals surface area contributed by atoms with Gasteiger partial charge in [0.2, 0.25) is 21.8 Å². The summed E-state index contributed by atoms with van der Waals surface area (Å²) in [5.41, 5.74) is -0.440. The van der Waals surface area contributed by atoms with Crippen LogP contribution in [0.25, 0.3) is 0 Å². The number of alkyl halides is 3. The number of nitrogens with one attached hydrogen (secondary N) is 1. The summed E-state index contributed by atoms with van der Waals surface area (Å²) in [7, 11) is -4.28. The monoisotopic (exact) mass is 657 g/mol. The van der Waals surface area contributed by atoms with Gasteiger partial charge in [-0.05, 0) is 48.7 Å². The molecule has 0 heterocycles. The van der Waals surface area contributed by atoms with E-state index in [1.807, 2.05) is 13.8 Å². The van der Waals surface area contributed by atoms with E-state index < -0.39 is 56.9 Å². The summed E-state index contributed by atoms with van der Waals surface area (Å²) in [5.74, 6) is -1.30. The molecule has 0 bridgehead atoms. The largest absolute Gasteiger partial charge is 0.417 e. The third-order valence-corrected chi connectivity index (χ3v) is 8.63. The van der Waals surface area contributed by atoms with Crippen molar-refractivity contribution < 1.29 is 31.2 Å². The molecule has 13 heteroatoms. The molecule has 0 aromatic heterocycles. The van der Waals surface area contributed by atoms with Crippen molar-refractivity contribution in [2.75, 3.05) is 17.1 Å². The highest BCUT2D eigenvalue weighted by molar-refractivity contribution is 7.92. The van der Waals surface area contributed by atoms with Gasteiger partial charge in [0.1, 0.15) is 12.6 Å². The molecule has 2 amide bonds. The lowest BCUT2D eigenvalue weighted by Gasteiger charge is -2.34. The van der Waals surface area contributed by atoms with Gasteiger partial charge in [-0.25, -0.2) is 8.42 Å². The molecule has 0 aliphatic rings. The van der Waals surface area contributed by atoms with Crippen LogP contribution in [0.15, 0.2) is 72.8 Å². The summed E-state index contributed by atoms with van der Waals surface area (Å²) >= 11 is 12.2. The number of sulfonamides is 1. The minimum Gasteiger partial charge on any atom is -0.352 e. The molecule has 0 aliphatic carbocycles. The molecule has 232 valence electrons. The molecule has 0 saturated heterocycles. The molecule has 0 aliphatic heterocycles. The fourth-order valence-electron chi connectivity index (χ4n) is 4.30. The minimum absolute atomic E-state index is 0.0807. The number of halogens is 5. The van der Waals surface area contributed by atoms with Crippen molar-refractivity contribution in [1.29, 1.82) is 0 Å². The van der Waals surface area contributed by atoms with E-state index in [1.54, 1.807) is 54.6 Å². The topological polar surface area (TPSA) is 86.8 Å². The number of carbonyl (C=O) groups is 2. The van der Waals surface area contributed by atoms with E-state index in [0.717, 1.165) is 24.0 Å². The summed E-state index contributed by atoms with van der Waals surface area (Å²) in [6.07, 6.45) is -3.40. The molecule has 43 heavy (non-hydrogen) atoms. The van der Waals surface area contributed by atoms with Crippen LogP contribution in [0.1, 0.15) is 37.0 Å². The lowest BCUT2D eigenvalue weighted by Crippen LogP contribution is -2.54. The van der Waals surface area contributed by atoms with E-state index in [2.05, 4.69) is 5.32 Å². The van der Waals surface area contributed by atoms with Crippen LogP contribution in [0.5, 0.6) is 0 Å². The zero-order valence-corrected chi connectivity index (χ0v) is 26.1. The van der Waals surface area contributed by atoms with Crippen LogP contribution >= 0.6 is 23.2 Å². The van der Waals surface area contributed by atoms with Crippen LogP contribution in [0.4, 0.5) is 18.9 Å². The minimum atomic E-state index is -4.87. The summed E-state index contributed by atoms with van der Waals surface area (Å²) < 4.78 is 67.1. The average Bonchev–Trinajstić information content (AvgIpc) is 2.94. The third kappa shape index (κ3) is 9.35. The smallest absolute Gasteiger partial charge is 0.352 e. The molecular weight excluding hydrogens is 626 g/mol. The fourth-order valence-corrected chi connectivity index (χ4v) is 5.57. The van der Waals surface area contributed by atoms with Gasteiger partial charge in [-0.2, -0.15) is 13.2 Å². The zero-order valence-electron chi connectivity index (χ0n) is 23.7. The Kier molecular flexibility index (Phi) is 11.5. The standard InChI is InChI=1S/C30H32Cl2F3N3O4S/c1-4-20(2)36-29(40)27(16-21-10-6-5-7-11-21)37(18-22-12-8-9-13-25(22)31)28(39)19-38(43(3,41)42)23-14-15-26(32)24(17-23)30(33,34)35/h5-15,17,20,27H,4,16,18-19H2,1-3H3,(H,36,40)/t20-,27-/m1/s1. The summed E-state index contributed by atoms with van der Waals surface area (Å²) in [4.78, 5) is 29.0. The van der Waals surface area contributed by atoms with Crippen LogP contribution in [0, 0.1) is 0 Å². The van der Waals surface area contributed by atoms with E-state index in [1.165, 1.54) is 4.90 Å². The Balaban J connectivity index is 2.12. The van der Waals surface area contributed by atoms with Crippen molar-refractivity contribution in [1.82, 2.24) is 10.2 Å². The number of carbonyl (C=O) groups excluding carboxylic acids is 2. The van der Waals surface area contributed by atoms with Gasteiger partial charge in [0, 0.05) is 24.0 Å². The normalized spacial score (nSPS) is 13.2. The van der Waals surface area contributed by atoms with Gasteiger partial charge in [0.05, 0.1) is 22.5 Å². The second-order valence-electron chi connectivity index (χ2n) is 10.1. The number of nitrogens with zero attached hydrogens (tertiary/aromatic N) is 2. The molecule has 0 fully saturated rings. The first-order valence-electron chi connectivity index (χ1n) is 13.3. The maximum Gasteiger partial charge on any atom is 0.417 e. The van der Waals surface area contributed by atoms with Crippen LogP contribution in [0.2, 0.25) is 10.0 Å². The number of hydrogen-bond donors (Lipinski definition) is 1. The zero-order chi connectivity index (χ0) is 31.9. The van der Waals surface area contributed by atoms with Crippen molar-refractivity contribution in [2.45, 2.75) is 51.5 Å². The van der Waals surface area contributed by atoms with Gasteiger partial charge in [-0.3, -0.25) is 13.9 Å². The Hall–Kier alpha value is -3.28. The van der Waals surface area contributed by atoms with E-state index in [-0.39, 0.29) is 19.0 Å². The third-order valence-electron chi connectivity index (χ3n) is 6.79. The van der Waals surface area contributed by atoms with Crippen LogP contribution in [-0.4, -0.2) is 50.0 Å². The van der Waals surface area contributed by atoms with E-state index in [4.69, 9.17) is 23.2 Å². The first-order chi connectivity index (χ1) is 20.1. The Morgan fingerprint density at radius 2 is 1.58 bits per heavy atom.